The summed E-state index contributed by atoms with van der Waals surface area (Å²) in [6.45, 7) is 0. The van der Waals surface area contributed by atoms with Crippen LogP contribution in [0.15, 0.2) is 91.1 Å². The molecule has 2 heterocycles. The number of benzene rings is 4. The number of fused-ring (bicyclic) bond motifs is 13. The molecule has 4 aromatic carbocycles. The first kappa shape index (κ1) is 15.9. The highest BCUT2D eigenvalue weighted by atomic mass is 14.9. The normalized spacial score (nSPS) is 13.5. The fourth-order valence-corrected chi connectivity index (χ4v) is 6.10. The molecule has 0 fully saturated rings. The van der Waals surface area contributed by atoms with Crippen LogP contribution in [-0.4, -0.2) is 4.40 Å². The molecule has 0 atom stereocenters. The van der Waals surface area contributed by atoms with Gasteiger partial charge in [0.25, 0.3) is 0 Å². The Kier molecular flexibility index (Phi) is 2.80. The highest BCUT2D eigenvalue weighted by Crippen LogP contribution is 2.47. The quantitative estimate of drug-likeness (QED) is 0.237. The largest absolute Gasteiger partial charge is 0.316 e. The van der Waals surface area contributed by atoms with Gasteiger partial charge in [0.15, 0.2) is 0 Å². The average Bonchev–Trinajstić information content (AvgIpc) is 3.52. The van der Waals surface area contributed by atoms with Crippen LogP contribution in [0.2, 0.25) is 0 Å². The summed E-state index contributed by atoms with van der Waals surface area (Å²) in [6.07, 6.45) is 4.27. The molecule has 31 heavy (non-hydrogen) atoms. The Morgan fingerprint density at radius 3 is 2.19 bits per heavy atom. The van der Waals surface area contributed by atoms with E-state index >= 15 is 0 Å². The summed E-state index contributed by atoms with van der Waals surface area (Å²) in [4.78, 5) is 0. The van der Waals surface area contributed by atoms with Gasteiger partial charge >= 0.3 is 0 Å². The fourth-order valence-electron chi connectivity index (χ4n) is 6.10. The molecule has 0 saturated carbocycles. The third-order valence-corrected chi connectivity index (χ3v) is 7.42. The van der Waals surface area contributed by atoms with Crippen molar-refractivity contribution in [3.8, 4) is 22.3 Å². The summed E-state index contributed by atoms with van der Waals surface area (Å²) in [5.74, 6) is 0. The van der Waals surface area contributed by atoms with Crippen LogP contribution in [0.25, 0.3) is 49.4 Å². The molecule has 0 unspecified atom stereocenters. The van der Waals surface area contributed by atoms with E-state index < -0.39 is 0 Å². The molecule has 8 rings (SSSR count). The van der Waals surface area contributed by atoms with Gasteiger partial charge in [-0.15, -0.1) is 0 Å². The summed E-state index contributed by atoms with van der Waals surface area (Å²) in [5, 5.41) is 4.15. The molecule has 6 aromatic rings. The van der Waals surface area contributed by atoms with E-state index in [1.807, 2.05) is 0 Å². The van der Waals surface area contributed by atoms with Crippen molar-refractivity contribution in [1.82, 2.24) is 4.40 Å². The summed E-state index contributed by atoms with van der Waals surface area (Å²) in [5.41, 5.74) is 14.0. The van der Waals surface area contributed by atoms with Crippen LogP contribution in [0.3, 0.4) is 0 Å². The SMILES string of the molecule is c1ccc2c(c1)Cc1cc3c(cc1-2)c1cccn1c1ccc2c(c31)-c1ccccc1C2. The van der Waals surface area contributed by atoms with E-state index in [0.717, 1.165) is 12.8 Å². The third kappa shape index (κ3) is 1.92. The minimum atomic E-state index is 1.03. The number of aromatic nitrogens is 1. The molecular formula is C30H19N. The standard InChI is InChI=1S/C30H19N/c1-3-8-22-18(6-1)15-21-16-26-25(17-24(21)22)27-10-5-13-31(27)28-12-11-20-14-19-7-2-4-9-23(19)29(20)30(26)28/h1-13,16-17H,14-15H2. The van der Waals surface area contributed by atoms with Gasteiger partial charge in [-0.25, -0.2) is 0 Å². The molecular weight excluding hydrogens is 374 g/mol. The molecule has 0 N–H and O–H groups in total. The van der Waals surface area contributed by atoms with Crippen LogP contribution < -0.4 is 0 Å². The average molecular weight is 393 g/mol. The monoisotopic (exact) mass is 393 g/mol. The molecule has 0 aliphatic heterocycles. The summed E-state index contributed by atoms with van der Waals surface area (Å²) in [7, 11) is 0. The lowest BCUT2D eigenvalue weighted by atomic mass is 9.93. The second kappa shape index (κ2) is 5.44. The first-order chi connectivity index (χ1) is 15.4. The van der Waals surface area contributed by atoms with Crippen molar-refractivity contribution in [2.75, 3.05) is 0 Å². The predicted octanol–water partition coefficient (Wildman–Crippen LogP) is 7.39. The zero-order valence-electron chi connectivity index (χ0n) is 17.0. The van der Waals surface area contributed by atoms with E-state index in [0.29, 0.717) is 0 Å². The Morgan fingerprint density at radius 1 is 0.516 bits per heavy atom. The molecule has 0 bridgehead atoms. The molecule has 2 aliphatic carbocycles. The van der Waals surface area contributed by atoms with Gasteiger partial charge in [0, 0.05) is 17.0 Å². The lowest BCUT2D eigenvalue weighted by molar-refractivity contribution is 1.25. The first-order valence-electron chi connectivity index (χ1n) is 11.0. The zero-order chi connectivity index (χ0) is 20.1. The first-order valence-corrected chi connectivity index (χ1v) is 11.0. The smallest absolute Gasteiger partial charge is 0.0540 e. The van der Waals surface area contributed by atoms with Crippen LogP contribution >= 0.6 is 0 Å². The van der Waals surface area contributed by atoms with E-state index in [1.165, 1.54) is 71.7 Å². The van der Waals surface area contributed by atoms with Crippen LogP contribution in [0.1, 0.15) is 22.3 Å². The minimum absolute atomic E-state index is 1.03. The maximum atomic E-state index is 2.49. The molecule has 0 radical (unpaired) electrons. The zero-order valence-corrected chi connectivity index (χ0v) is 17.0. The number of hydrogen-bond acceptors (Lipinski definition) is 0. The predicted molar refractivity (Wildman–Crippen MR) is 129 cm³/mol. The van der Waals surface area contributed by atoms with E-state index in [9.17, 15) is 0 Å². The van der Waals surface area contributed by atoms with E-state index in [2.05, 4.69) is 95.5 Å². The van der Waals surface area contributed by atoms with E-state index in [1.54, 1.807) is 0 Å². The fraction of sp³-hybridized carbons (Fsp3) is 0.0667. The van der Waals surface area contributed by atoms with Crippen molar-refractivity contribution in [3.05, 3.63) is 113 Å². The summed E-state index contributed by atoms with van der Waals surface area (Å²) < 4.78 is 2.38. The topological polar surface area (TPSA) is 4.41 Å². The Hall–Kier alpha value is -3.84. The van der Waals surface area contributed by atoms with Crippen molar-refractivity contribution < 1.29 is 0 Å². The van der Waals surface area contributed by atoms with Gasteiger partial charge in [0.1, 0.15) is 0 Å². The molecule has 1 nitrogen and oxygen atoms in total. The van der Waals surface area contributed by atoms with Gasteiger partial charge in [-0.05, 0) is 93.1 Å². The second-order valence-electron chi connectivity index (χ2n) is 8.98. The molecule has 144 valence electrons. The Morgan fingerprint density at radius 2 is 1.29 bits per heavy atom. The van der Waals surface area contributed by atoms with Gasteiger partial charge in [0.05, 0.1) is 11.0 Å². The van der Waals surface area contributed by atoms with Crippen molar-refractivity contribution in [2.45, 2.75) is 12.8 Å². The maximum Gasteiger partial charge on any atom is 0.0540 e. The van der Waals surface area contributed by atoms with Crippen molar-refractivity contribution in [1.29, 1.82) is 0 Å². The highest BCUT2D eigenvalue weighted by Gasteiger charge is 2.25. The van der Waals surface area contributed by atoms with Crippen LogP contribution in [-0.2, 0) is 12.8 Å². The maximum absolute atomic E-state index is 2.49. The number of hydrogen-bond donors (Lipinski definition) is 0. The second-order valence-corrected chi connectivity index (χ2v) is 8.98. The minimum Gasteiger partial charge on any atom is -0.316 e. The van der Waals surface area contributed by atoms with Gasteiger partial charge in [0.2, 0.25) is 0 Å². The Labute approximate surface area is 180 Å². The third-order valence-electron chi connectivity index (χ3n) is 7.42. The van der Waals surface area contributed by atoms with Crippen molar-refractivity contribution >= 4 is 27.2 Å². The van der Waals surface area contributed by atoms with Crippen LogP contribution in [0, 0.1) is 0 Å². The van der Waals surface area contributed by atoms with Crippen LogP contribution in [0.5, 0.6) is 0 Å². The molecule has 0 saturated heterocycles. The lowest BCUT2D eigenvalue weighted by Gasteiger charge is -2.15. The Balaban J connectivity index is 1.60. The number of nitrogens with zero attached hydrogens (tertiary/aromatic N) is 1. The van der Waals surface area contributed by atoms with E-state index in [-0.39, 0.29) is 0 Å². The van der Waals surface area contributed by atoms with Gasteiger partial charge in [-0.3, -0.25) is 0 Å². The molecule has 2 aromatic heterocycles. The lowest BCUT2D eigenvalue weighted by Crippen LogP contribution is -1.94. The molecule has 0 amide bonds. The molecule has 0 spiro atoms. The van der Waals surface area contributed by atoms with Gasteiger partial charge < -0.3 is 4.40 Å². The van der Waals surface area contributed by atoms with E-state index in [4.69, 9.17) is 0 Å². The molecule has 1 heteroatoms. The van der Waals surface area contributed by atoms with Crippen molar-refractivity contribution in [2.24, 2.45) is 0 Å². The highest BCUT2D eigenvalue weighted by molar-refractivity contribution is 6.20. The number of rotatable bonds is 0. The van der Waals surface area contributed by atoms with Crippen LogP contribution in [0.4, 0.5) is 0 Å². The summed E-state index contributed by atoms with van der Waals surface area (Å²) in [6, 6.07) is 31.8. The van der Waals surface area contributed by atoms with Gasteiger partial charge in [-0.2, -0.15) is 0 Å². The van der Waals surface area contributed by atoms with Crippen molar-refractivity contribution in [3.63, 3.8) is 0 Å². The molecule has 2 aliphatic rings. The number of pyridine rings is 1. The Bertz CT molecular complexity index is 1720. The summed E-state index contributed by atoms with van der Waals surface area (Å²) >= 11 is 0. The van der Waals surface area contributed by atoms with Gasteiger partial charge in [-0.1, -0.05) is 54.6 Å².